The van der Waals surface area contributed by atoms with Crippen molar-refractivity contribution in [2.24, 2.45) is 0 Å². The average molecular weight is 450 g/mol. The van der Waals surface area contributed by atoms with Crippen LogP contribution in [0.4, 0.5) is 0 Å². The second kappa shape index (κ2) is 9.21. The highest BCUT2D eigenvalue weighted by atomic mass is 35.5. The van der Waals surface area contributed by atoms with Gasteiger partial charge in [0.25, 0.3) is 11.5 Å². The van der Waals surface area contributed by atoms with E-state index in [0.717, 1.165) is 10.1 Å². The monoisotopic (exact) mass is 449 g/mol. The fourth-order valence-corrected chi connectivity index (χ4v) is 3.69. The molecule has 1 aromatic heterocycles. The minimum atomic E-state index is -0.606. The van der Waals surface area contributed by atoms with Gasteiger partial charge < -0.3 is 15.4 Å². The first-order valence-corrected chi connectivity index (χ1v) is 10.3. The summed E-state index contributed by atoms with van der Waals surface area (Å²) in [6.07, 6.45) is 0.493. The lowest BCUT2D eigenvalue weighted by Gasteiger charge is -2.16. The quantitative estimate of drug-likeness (QED) is 0.421. The number of hydrogen-bond acceptors (Lipinski definition) is 4. The molecular formula is C24H20ClN3O4. The molecule has 0 aliphatic carbocycles. The van der Waals surface area contributed by atoms with E-state index in [4.69, 9.17) is 11.6 Å². The van der Waals surface area contributed by atoms with Crippen LogP contribution in [0.25, 0.3) is 16.6 Å². The SMILES string of the molecule is O=C(NC(CO)Cc1ccccc1)c1ccc(-n2c(=O)[nH]c3cc(Cl)ccc3c2=O)cc1. The average Bonchev–Trinajstić information content (AvgIpc) is 2.79. The standard InChI is InChI=1S/C24H20ClN3O4/c25-17-8-11-20-21(13-17)27-24(32)28(23(20)31)19-9-6-16(7-10-19)22(30)26-18(14-29)12-15-4-2-1-3-5-15/h1-11,13,18,29H,12,14H2,(H,26,30)(H,27,32). The topological polar surface area (TPSA) is 104 Å². The Morgan fingerprint density at radius 3 is 2.44 bits per heavy atom. The van der Waals surface area contributed by atoms with E-state index >= 15 is 0 Å². The summed E-state index contributed by atoms with van der Waals surface area (Å²) in [7, 11) is 0. The van der Waals surface area contributed by atoms with Crippen molar-refractivity contribution in [1.82, 2.24) is 14.9 Å². The number of rotatable bonds is 6. The number of nitrogens with one attached hydrogen (secondary N) is 2. The molecule has 7 nitrogen and oxygen atoms in total. The molecule has 0 bridgehead atoms. The number of amides is 1. The fourth-order valence-electron chi connectivity index (χ4n) is 3.52. The fraction of sp³-hybridized carbons (Fsp3) is 0.125. The Hall–Kier alpha value is -3.68. The Kier molecular flexibility index (Phi) is 6.20. The Bertz CT molecular complexity index is 1380. The first kappa shape index (κ1) is 21.5. The number of aromatic nitrogens is 2. The van der Waals surface area contributed by atoms with E-state index in [2.05, 4.69) is 10.3 Å². The van der Waals surface area contributed by atoms with Crippen LogP contribution in [0.15, 0.2) is 82.4 Å². The van der Waals surface area contributed by atoms with E-state index in [1.54, 1.807) is 12.1 Å². The summed E-state index contributed by atoms with van der Waals surface area (Å²) < 4.78 is 1.00. The highest BCUT2D eigenvalue weighted by Crippen LogP contribution is 2.15. The van der Waals surface area contributed by atoms with E-state index < -0.39 is 17.3 Å². The van der Waals surface area contributed by atoms with Gasteiger partial charge in [0.05, 0.1) is 29.2 Å². The van der Waals surface area contributed by atoms with Gasteiger partial charge in [-0.15, -0.1) is 0 Å². The van der Waals surface area contributed by atoms with Crippen LogP contribution in [-0.2, 0) is 6.42 Å². The van der Waals surface area contributed by atoms with Crippen LogP contribution in [0.1, 0.15) is 15.9 Å². The van der Waals surface area contributed by atoms with Crippen LogP contribution in [-0.4, -0.2) is 33.2 Å². The van der Waals surface area contributed by atoms with Crippen LogP contribution in [0.2, 0.25) is 5.02 Å². The second-order valence-corrected chi connectivity index (χ2v) is 7.79. The number of aromatic amines is 1. The number of fused-ring (bicyclic) bond motifs is 1. The molecule has 32 heavy (non-hydrogen) atoms. The smallest absolute Gasteiger partial charge is 0.333 e. The van der Waals surface area contributed by atoms with Gasteiger partial charge in [-0.3, -0.25) is 9.59 Å². The molecule has 3 N–H and O–H groups in total. The zero-order valence-corrected chi connectivity index (χ0v) is 17.7. The minimum Gasteiger partial charge on any atom is -0.394 e. The van der Waals surface area contributed by atoms with Crippen molar-refractivity contribution in [2.45, 2.75) is 12.5 Å². The van der Waals surface area contributed by atoms with Crippen molar-refractivity contribution >= 4 is 28.4 Å². The number of nitrogens with zero attached hydrogens (tertiary/aromatic N) is 1. The molecule has 162 valence electrons. The predicted molar refractivity (Wildman–Crippen MR) is 124 cm³/mol. The molecule has 4 aromatic rings. The van der Waals surface area contributed by atoms with Crippen LogP contribution in [0.5, 0.6) is 0 Å². The van der Waals surface area contributed by atoms with Gasteiger partial charge in [0.15, 0.2) is 0 Å². The Morgan fingerprint density at radius 1 is 1.03 bits per heavy atom. The highest BCUT2D eigenvalue weighted by Gasteiger charge is 2.15. The highest BCUT2D eigenvalue weighted by molar-refractivity contribution is 6.31. The molecule has 3 aromatic carbocycles. The third kappa shape index (κ3) is 4.49. The molecule has 0 saturated carbocycles. The molecular weight excluding hydrogens is 430 g/mol. The summed E-state index contributed by atoms with van der Waals surface area (Å²) in [4.78, 5) is 40.6. The molecule has 0 saturated heterocycles. The van der Waals surface area contributed by atoms with Crippen LogP contribution < -0.4 is 16.6 Å². The van der Waals surface area contributed by atoms with Gasteiger partial charge >= 0.3 is 5.69 Å². The predicted octanol–water partition coefficient (Wildman–Crippen LogP) is 2.67. The summed E-state index contributed by atoms with van der Waals surface area (Å²) in [6.45, 7) is -0.204. The first-order chi connectivity index (χ1) is 15.5. The largest absolute Gasteiger partial charge is 0.394 e. The summed E-state index contributed by atoms with van der Waals surface area (Å²) in [5, 5.41) is 13.2. The number of halogens is 1. The van der Waals surface area contributed by atoms with Gasteiger partial charge in [-0.05, 0) is 54.4 Å². The van der Waals surface area contributed by atoms with Crippen molar-refractivity contribution in [1.29, 1.82) is 0 Å². The zero-order valence-electron chi connectivity index (χ0n) is 16.9. The Morgan fingerprint density at radius 2 is 1.75 bits per heavy atom. The Labute approximate surface area is 187 Å². The third-order valence-electron chi connectivity index (χ3n) is 5.13. The van der Waals surface area contributed by atoms with Crippen molar-refractivity contribution in [3.63, 3.8) is 0 Å². The third-order valence-corrected chi connectivity index (χ3v) is 5.36. The molecule has 1 amide bonds. The molecule has 1 heterocycles. The summed E-state index contributed by atoms with van der Waals surface area (Å²) in [6, 6.07) is 19.9. The molecule has 0 radical (unpaired) electrons. The normalized spacial score (nSPS) is 11.9. The lowest BCUT2D eigenvalue weighted by molar-refractivity contribution is 0.0916. The van der Waals surface area contributed by atoms with E-state index in [0.29, 0.717) is 33.6 Å². The van der Waals surface area contributed by atoms with Crippen molar-refractivity contribution in [3.05, 3.63) is 110 Å². The van der Waals surface area contributed by atoms with Crippen LogP contribution in [0, 0.1) is 0 Å². The minimum absolute atomic E-state index is 0.204. The van der Waals surface area contributed by atoms with Crippen LogP contribution >= 0.6 is 11.6 Å². The number of carbonyl (C=O) groups excluding carboxylic acids is 1. The van der Waals surface area contributed by atoms with Gasteiger partial charge in [0.1, 0.15) is 0 Å². The molecule has 1 unspecified atom stereocenters. The number of aliphatic hydroxyl groups is 1. The zero-order chi connectivity index (χ0) is 22.7. The van der Waals surface area contributed by atoms with E-state index in [-0.39, 0.29) is 12.5 Å². The summed E-state index contributed by atoms with van der Waals surface area (Å²) in [5.41, 5.74) is 0.933. The number of benzene rings is 3. The Balaban J connectivity index is 1.57. The van der Waals surface area contributed by atoms with E-state index in [1.807, 2.05) is 30.3 Å². The van der Waals surface area contributed by atoms with E-state index in [1.165, 1.54) is 30.3 Å². The van der Waals surface area contributed by atoms with Gasteiger partial charge in [0.2, 0.25) is 0 Å². The molecule has 0 aliphatic heterocycles. The number of hydrogen-bond donors (Lipinski definition) is 3. The lowest BCUT2D eigenvalue weighted by Crippen LogP contribution is -2.39. The molecule has 8 heteroatoms. The second-order valence-electron chi connectivity index (χ2n) is 7.35. The molecule has 4 rings (SSSR count). The van der Waals surface area contributed by atoms with Crippen LogP contribution in [0.3, 0.4) is 0 Å². The molecule has 0 spiro atoms. The maximum absolute atomic E-state index is 12.8. The molecule has 0 aliphatic rings. The van der Waals surface area contributed by atoms with Crippen molar-refractivity contribution < 1.29 is 9.90 Å². The number of aliphatic hydroxyl groups excluding tert-OH is 1. The summed E-state index contributed by atoms with van der Waals surface area (Å²) >= 11 is 5.93. The molecule has 0 fully saturated rings. The first-order valence-electron chi connectivity index (χ1n) is 9.97. The van der Waals surface area contributed by atoms with Gasteiger partial charge in [0, 0.05) is 10.6 Å². The van der Waals surface area contributed by atoms with Gasteiger partial charge in [-0.1, -0.05) is 41.9 Å². The van der Waals surface area contributed by atoms with Gasteiger partial charge in [-0.2, -0.15) is 0 Å². The molecule has 1 atom stereocenters. The maximum atomic E-state index is 12.8. The van der Waals surface area contributed by atoms with E-state index in [9.17, 15) is 19.5 Å². The summed E-state index contributed by atoms with van der Waals surface area (Å²) in [5.74, 6) is -0.360. The number of carbonyl (C=O) groups is 1. The van der Waals surface area contributed by atoms with Gasteiger partial charge in [-0.25, -0.2) is 9.36 Å². The number of H-pyrrole nitrogens is 1. The van der Waals surface area contributed by atoms with Crippen molar-refractivity contribution in [3.8, 4) is 5.69 Å². The maximum Gasteiger partial charge on any atom is 0.333 e. The van der Waals surface area contributed by atoms with Crippen molar-refractivity contribution in [2.75, 3.05) is 6.61 Å². The lowest BCUT2D eigenvalue weighted by atomic mass is 10.1.